The van der Waals surface area contributed by atoms with Crippen molar-refractivity contribution in [1.82, 2.24) is 4.98 Å². The normalized spacial score (nSPS) is 10.6. The molecule has 0 radical (unpaired) electrons. The van der Waals surface area contributed by atoms with E-state index < -0.39 is 5.97 Å². The van der Waals surface area contributed by atoms with E-state index in [1.807, 2.05) is 19.9 Å². The van der Waals surface area contributed by atoms with Crippen molar-refractivity contribution in [1.29, 1.82) is 0 Å². The summed E-state index contributed by atoms with van der Waals surface area (Å²) in [5, 5.41) is 9.44. The smallest absolute Gasteiger partial charge is 0.354 e. The minimum atomic E-state index is -1.06. The molecular weight excluding hydrogens is 278 g/mol. The molecule has 1 aromatic carbocycles. The minimum absolute atomic E-state index is 0.00105. The summed E-state index contributed by atoms with van der Waals surface area (Å²) in [5.41, 5.74) is 1.56. The molecule has 1 heterocycles. The Hall–Kier alpha value is -2.07. The van der Waals surface area contributed by atoms with Gasteiger partial charge in [-0.3, -0.25) is 0 Å². The SMILES string of the molecule is CC(C)Oc1ccc(-c2ccnc(C(=O)O)c2)cc1Cl. The third-order valence-electron chi connectivity index (χ3n) is 2.61. The molecule has 1 aromatic heterocycles. The number of nitrogens with zero attached hydrogens (tertiary/aromatic N) is 1. The number of ether oxygens (including phenoxy) is 1. The van der Waals surface area contributed by atoms with Crippen LogP contribution in [-0.2, 0) is 0 Å². The summed E-state index contributed by atoms with van der Waals surface area (Å²) in [7, 11) is 0. The molecule has 0 amide bonds. The van der Waals surface area contributed by atoms with Gasteiger partial charge in [-0.15, -0.1) is 0 Å². The van der Waals surface area contributed by atoms with Gasteiger partial charge >= 0.3 is 5.97 Å². The van der Waals surface area contributed by atoms with E-state index in [9.17, 15) is 4.79 Å². The molecular formula is C15H14ClNO3. The maximum atomic E-state index is 10.9. The van der Waals surface area contributed by atoms with Crippen molar-refractivity contribution in [2.24, 2.45) is 0 Å². The molecule has 0 bridgehead atoms. The highest BCUT2D eigenvalue weighted by Gasteiger charge is 2.09. The van der Waals surface area contributed by atoms with E-state index in [2.05, 4.69) is 4.98 Å². The first-order valence-corrected chi connectivity index (χ1v) is 6.51. The molecule has 0 aliphatic carbocycles. The Morgan fingerprint density at radius 3 is 2.55 bits per heavy atom. The predicted octanol–water partition coefficient (Wildman–Crippen LogP) is 3.89. The van der Waals surface area contributed by atoms with E-state index >= 15 is 0 Å². The number of halogens is 1. The Morgan fingerprint density at radius 2 is 1.95 bits per heavy atom. The zero-order valence-corrected chi connectivity index (χ0v) is 11.9. The van der Waals surface area contributed by atoms with Crippen LogP contribution in [-0.4, -0.2) is 22.2 Å². The number of pyridine rings is 1. The number of carboxylic acid groups (broad SMARTS) is 1. The van der Waals surface area contributed by atoms with Crippen molar-refractivity contribution in [2.45, 2.75) is 20.0 Å². The van der Waals surface area contributed by atoms with Crippen LogP contribution in [0.3, 0.4) is 0 Å². The van der Waals surface area contributed by atoms with Crippen molar-refractivity contribution in [2.75, 3.05) is 0 Å². The summed E-state index contributed by atoms with van der Waals surface area (Å²) in [5.74, 6) is -0.448. The van der Waals surface area contributed by atoms with Gasteiger partial charge in [-0.2, -0.15) is 0 Å². The summed E-state index contributed by atoms with van der Waals surface area (Å²) in [6.45, 7) is 3.85. The van der Waals surface area contributed by atoms with E-state index in [1.165, 1.54) is 12.3 Å². The van der Waals surface area contributed by atoms with Gasteiger partial charge < -0.3 is 9.84 Å². The molecule has 0 spiro atoms. The summed E-state index contributed by atoms with van der Waals surface area (Å²) >= 11 is 6.17. The first-order chi connectivity index (χ1) is 9.47. The second kappa shape index (κ2) is 5.92. The van der Waals surface area contributed by atoms with Crippen molar-refractivity contribution >= 4 is 17.6 Å². The molecule has 0 aliphatic rings. The molecule has 0 aliphatic heterocycles. The maximum Gasteiger partial charge on any atom is 0.354 e. The number of carbonyl (C=O) groups is 1. The quantitative estimate of drug-likeness (QED) is 0.928. The molecule has 0 saturated carbocycles. The van der Waals surface area contributed by atoms with Gasteiger partial charge in [0.05, 0.1) is 11.1 Å². The first kappa shape index (κ1) is 14.3. The number of carboxylic acids is 1. The van der Waals surface area contributed by atoms with Gasteiger partial charge in [0.25, 0.3) is 0 Å². The third-order valence-corrected chi connectivity index (χ3v) is 2.90. The van der Waals surface area contributed by atoms with Gasteiger partial charge in [-0.25, -0.2) is 9.78 Å². The van der Waals surface area contributed by atoms with Crippen LogP contribution in [0.4, 0.5) is 0 Å². The van der Waals surface area contributed by atoms with Crippen molar-refractivity contribution in [3.63, 3.8) is 0 Å². The first-order valence-electron chi connectivity index (χ1n) is 6.13. The van der Waals surface area contributed by atoms with Gasteiger partial charge in [0.2, 0.25) is 0 Å². The van der Waals surface area contributed by atoms with E-state index in [4.69, 9.17) is 21.4 Å². The summed E-state index contributed by atoms with van der Waals surface area (Å²) in [6, 6.07) is 8.61. The lowest BCUT2D eigenvalue weighted by Gasteiger charge is -2.12. The molecule has 1 N–H and O–H groups in total. The van der Waals surface area contributed by atoms with Gasteiger partial charge in [0, 0.05) is 6.20 Å². The molecule has 2 rings (SSSR count). The highest BCUT2D eigenvalue weighted by molar-refractivity contribution is 6.32. The minimum Gasteiger partial charge on any atom is -0.489 e. The van der Waals surface area contributed by atoms with E-state index in [1.54, 1.807) is 18.2 Å². The Kier molecular flexibility index (Phi) is 4.25. The number of aromatic nitrogens is 1. The van der Waals surface area contributed by atoms with Gasteiger partial charge in [0.1, 0.15) is 11.4 Å². The van der Waals surface area contributed by atoms with Gasteiger partial charge in [-0.05, 0) is 49.2 Å². The fraction of sp³-hybridized carbons (Fsp3) is 0.200. The molecule has 2 aromatic rings. The molecule has 5 heteroatoms. The summed E-state index contributed by atoms with van der Waals surface area (Å²) in [4.78, 5) is 14.7. The van der Waals surface area contributed by atoms with Crippen LogP contribution >= 0.6 is 11.6 Å². The summed E-state index contributed by atoms with van der Waals surface area (Å²) in [6.07, 6.45) is 1.50. The van der Waals surface area contributed by atoms with Crippen LogP contribution in [0.15, 0.2) is 36.5 Å². The second-order valence-electron chi connectivity index (χ2n) is 4.55. The Bertz CT molecular complexity index is 641. The number of benzene rings is 1. The van der Waals surface area contributed by atoms with E-state index in [-0.39, 0.29) is 11.8 Å². The summed E-state index contributed by atoms with van der Waals surface area (Å²) < 4.78 is 5.56. The third kappa shape index (κ3) is 3.27. The van der Waals surface area contributed by atoms with Gasteiger partial charge in [-0.1, -0.05) is 17.7 Å². The molecule has 104 valence electrons. The fourth-order valence-corrected chi connectivity index (χ4v) is 1.98. The number of hydrogen-bond donors (Lipinski definition) is 1. The predicted molar refractivity (Wildman–Crippen MR) is 77.4 cm³/mol. The van der Waals surface area contributed by atoms with Gasteiger partial charge in [0.15, 0.2) is 0 Å². The largest absolute Gasteiger partial charge is 0.489 e. The fourth-order valence-electron chi connectivity index (χ4n) is 1.76. The van der Waals surface area contributed by atoms with E-state index in [0.717, 1.165) is 11.1 Å². The number of hydrogen-bond acceptors (Lipinski definition) is 3. The Balaban J connectivity index is 2.36. The lowest BCUT2D eigenvalue weighted by atomic mass is 10.1. The van der Waals surface area contributed by atoms with Crippen molar-refractivity contribution in [3.8, 4) is 16.9 Å². The standard InChI is InChI=1S/C15H14ClNO3/c1-9(2)20-14-4-3-10(7-12(14)16)11-5-6-17-13(8-11)15(18)19/h3-9H,1-2H3,(H,18,19). The zero-order valence-electron chi connectivity index (χ0n) is 11.1. The van der Waals surface area contributed by atoms with Crippen LogP contribution in [0.2, 0.25) is 5.02 Å². The maximum absolute atomic E-state index is 10.9. The van der Waals surface area contributed by atoms with Crippen LogP contribution < -0.4 is 4.74 Å². The van der Waals surface area contributed by atoms with E-state index in [0.29, 0.717) is 10.8 Å². The molecule has 0 fully saturated rings. The lowest BCUT2D eigenvalue weighted by Crippen LogP contribution is -2.05. The Morgan fingerprint density at radius 1 is 1.25 bits per heavy atom. The number of aromatic carboxylic acids is 1. The highest BCUT2D eigenvalue weighted by Crippen LogP contribution is 2.31. The molecule has 0 unspecified atom stereocenters. The highest BCUT2D eigenvalue weighted by atomic mass is 35.5. The zero-order chi connectivity index (χ0) is 14.7. The van der Waals surface area contributed by atoms with Crippen LogP contribution in [0, 0.1) is 0 Å². The average Bonchev–Trinajstić information content (AvgIpc) is 2.40. The Labute approximate surface area is 122 Å². The lowest BCUT2D eigenvalue weighted by molar-refractivity contribution is 0.0690. The van der Waals surface area contributed by atoms with Crippen molar-refractivity contribution < 1.29 is 14.6 Å². The van der Waals surface area contributed by atoms with Crippen LogP contribution in [0.25, 0.3) is 11.1 Å². The number of rotatable bonds is 4. The molecule has 0 saturated heterocycles. The monoisotopic (exact) mass is 291 g/mol. The topological polar surface area (TPSA) is 59.4 Å². The van der Waals surface area contributed by atoms with Crippen molar-refractivity contribution in [3.05, 3.63) is 47.2 Å². The molecule has 0 atom stereocenters. The molecule has 20 heavy (non-hydrogen) atoms. The molecule has 4 nitrogen and oxygen atoms in total. The van der Waals surface area contributed by atoms with Crippen LogP contribution in [0.5, 0.6) is 5.75 Å². The second-order valence-corrected chi connectivity index (χ2v) is 4.95. The van der Waals surface area contributed by atoms with Crippen LogP contribution in [0.1, 0.15) is 24.3 Å². The average molecular weight is 292 g/mol.